The minimum atomic E-state index is -0.371. The highest BCUT2D eigenvalue weighted by Gasteiger charge is 2.10. The Morgan fingerprint density at radius 3 is 2.59 bits per heavy atom. The van der Waals surface area contributed by atoms with E-state index in [1.807, 2.05) is 0 Å². The quantitative estimate of drug-likeness (QED) is 0.813. The fourth-order valence-corrected chi connectivity index (χ4v) is 2.37. The molecule has 1 amide bonds. The number of halogens is 2. The van der Waals surface area contributed by atoms with Gasteiger partial charge in [-0.25, -0.2) is 0 Å². The third-order valence-corrected chi connectivity index (χ3v) is 3.46. The van der Waals surface area contributed by atoms with E-state index >= 15 is 0 Å². The summed E-state index contributed by atoms with van der Waals surface area (Å²) in [5.41, 5.74) is 1.06. The molecule has 0 aliphatic carbocycles. The number of anilines is 1. The summed E-state index contributed by atoms with van der Waals surface area (Å²) in [7, 11) is 1.50. The molecule has 2 aromatic carbocycles. The van der Waals surface area contributed by atoms with Crippen molar-refractivity contribution in [1.82, 2.24) is 5.32 Å². The van der Waals surface area contributed by atoms with Crippen LogP contribution in [0.3, 0.4) is 0 Å². The number of nitrogens with one attached hydrogen (secondary N) is 2. The first kappa shape index (κ1) is 16.5. The van der Waals surface area contributed by atoms with Crippen molar-refractivity contribution in [3.05, 3.63) is 58.1 Å². The second-order valence-corrected chi connectivity index (χ2v) is 5.52. The van der Waals surface area contributed by atoms with Crippen LogP contribution >= 0.6 is 35.4 Å². The molecule has 0 heterocycles. The maximum Gasteiger partial charge on any atom is 0.257 e. The molecule has 0 radical (unpaired) electrons. The monoisotopic (exact) mass is 354 g/mol. The number of carbonyl (C=O) groups is 1. The normalized spacial score (nSPS) is 9.95. The standard InChI is InChI=1S/C15H12Cl2N2O2S/c1-21-13-6-5-9(7-12(13)17)14(20)19-15(22)18-11-4-2-3-10(16)8-11/h2-8H,1H3,(H2,18,19,20,22). The molecule has 7 heteroatoms. The van der Waals surface area contributed by atoms with Gasteiger partial charge in [0.15, 0.2) is 5.11 Å². The number of methoxy groups -OCH3 is 1. The molecular formula is C15H12Cl2N2O2S. The van der Waals surface area contributed by atoms with Crippen LogP contribution in [0.5, 0.6) is 5.75 Å². The topological polar surface area (TPSA) is 50.4 Å². The van der Waals surface area contributed by atoms with Crippen LogP contribution in [0.15, 0.2) is 42.5 Å². The van der Waals surface area contributed by atoms with Crippen molar-refractivity contribution in [2.75, 3.05) is 12.4 Å². The van der Waals surface area contributed by atoms with Crippen molar-refractivity contribution >= 4 is 52.1 Å². The summed E-state index contributed by atoms with van der Waals surface area (Å²) in [4.78, 5) is 12.1. The Kier molecular flexibility index (Phi) is 5.60. The van der Waals surface area contributed by atoms with Gasteiger partial charge in [0.1, 0.15) is 5.75 Å². The largest absolute Gasteiger partial charge is 0.495 e. The van der Waals surface area contributed by atoms with E-state index in [0.29, 0.717) is 27.0 Å². The summed E-state index contributed by atoms with van der Waals surface area (Å²) >= 11 is 17.0. The first-order valence-corrected chi connectivity index (χ1v) is 7.37. The summed E-state index contributed by atoms with van der Waals surface area (Å²) in [6, 6.07) is 11.7. The number of ether oxygens (including phenoxy) is 1. The van der Waals surface area contributed by atoms with Gasteiger partial charge in [0.05, 0.1) is 12.1 Å². The molecule has 114 valence electrons. The Balaban J connectivity index is 2.02. The van der Waals surface area contributed by atoms with E-state index in [-0.39, 0.29) is 11.0 Å². The molecule has 0 fully saturated rings. The number of benzene rings is 2. The van der Waals surface area contributed by atoms with Crippen LogP contribution in [-0.4, -0.2) is 18.1 Å². The lowest BCUT2D eigenvalue weighted by atomic mass is 10.2. The molecule has 22 heavy (non-hydrogen) atoms. The minimum Gasteiger partial charge on any atom is -0.495 e. The highest BCUT2D eigenvalue weighted by Crippen LogP contribution is 2.24. The molecule has 2 aromatic rings. The van der Waals surface area contributed by atoms with Crippen molar-refractivity contribution in [3.63, 3.8) is 0 Å². The van der Waals surface area contributed by atoms with E-state index in [0.717, 1.165) is 0 Å². The number of rotatable bonds is 3. The van der Waals surface area contributed by atoms with E-state index in [9.17, 15) is 4.79 Å². The molecule has 0 aliphatic rings. The van der Waals surface area contributed by atoms with Crippen LogP contribution in [0.25, 0.3) is 0 Å². The number of thiocarbonyl (C=S) groups is 1. The first-order chi connectivity index (χ1) is 10.5. The molecule has 0 aromatic heterocycles. The zero-order valence-corrected chi connectivity index (χ0v) is 13.9. The van der Waals surface area contributed by atoms with E-state index in [4.69, 9.17) is 40.2 Å². The van der Waals surface area contributed by atoms with Gasteiger partial charge in [-0.15, -0.1) is 0 Å². The second kappa shape index (κ2) is 7.45. The van der Waals surface area contributed by atoms with Crippen LogP contribution in [0.4, 0.5) is 5.69 Å². The van der Waals surface area contributed by atoms with E-state index in [2.05, 4.69) is 10.6 Å². The van der Waals surface area contributed by atoms with Gasteiger partial charge in [-0.3, -0.25) is 10.1 Å². The van der Waals surface area contributed by atoms with Gasteiger partial charge < -0.3 is 10.1 Å². The van der Waals surface area contributed by atoms with E-state index in [1.165, 1.54) is 13.2 Å². The van der Waals surface area contributed by atoms with Gasteiger partial charge in [0.2, 0.25) is 0 Å². The molecule has 2 N–H and O–H groups in total. The van der Waals surface area contributed by atoms with Crippen LogP contribution in [-0.2, 0) is 0 Å². The Labute approximate surface area is 143 Å². The number of amides is 1. The Morgan fingerprint density at radius 1 is 1.18 bits per heavy atom. The zero-order chi connectivity index (χ0) is 16.1. The Hall–Kier alpha value is -1.82. The molecule has 0 saturated carbocycles. The molecule has 0 spiro atoms. The molecule has 0 bridgehead atoms. The molecule has 4 nitrogen and oxygen atoms in total. The average molecular weight is 355 g/mol. The van der Waals surface area contributed by atoms with Crippen LogP contribution in [0.1, 0.15) is 10.4 Å². The number of hydrogen-bond donors (Lipinski definition) is 2. The molecule has 0 unspecified atom stereocenters. The SMILES string of the molecule is COc1ccc(C(=O)NC(=S)Nc2cccc(Cl)c2)cc1Cl. The molecule has 0 atom stereocenters. The third-order valence-electron chi connectivity index (χ3n) is 2.72. The third kappa shape index (κ3) is 4.34. The summed E-state index contributed by atoms with van der Waals surface area (Å²) < 4.78 is 5.04. The predicted molar refractivity (Wildman–Crippen MR) is 93.1 cm³/mol. The van der Waals surface area contributed by atoms with Crippen molar-refractivity contribution in [2.45, 2.75) is 0 Å². The molecule has 0 saturated heterocycles. The minimum absolute atomic E-state index is 0.166. The predicted octanol–water partition coefficient (Wildman–Crippen LogP) is 4.13. The van der Waals surface area contributed by atoms with Gasteiger partial charge in [0.25, 0.3) is 5.91 Å². The van der Waals surface area contributed by atoms with Gasteiger partial charge in [-0.05, 0) is 48.6 Å². The fraction of sp³-hybridized carbons (Fsp3) is 0.0667. The smallest absolute Gasteiger partial charge is 0.257 e. The maximum absolute atomic E-state index is 12.1. The fourth-order valence-electron chi connectivity index (χ4n) is 1.71. The van der Waals surface area contributed by atoms with Crippen LogP contribution < -0.4 is 15.4 Å². The Bertz CT molecular complexity index is 722. The van der Waals surface area contributed by atoms with Crippen molar-refractivity contribution in [2.24, 2.45) is 0 Å². The number of hydrogen-bond acceptors (Lipinski definition) is 3. The maximum atomic E-state index is 12.1. The second-order valence-electron chi connectivity index (χ2n) is 4.27. The highest BCUT2D eigenvalue weighted by molar-refractivity contribution is 7.80. The lowest BCUT2D eigenvalue weighted by Crippen LogP contribution is -2.34. The summed E-state index contributed by atoms with van der Waals surface area (Å²) in [6.45, 7) is 0. The Morgan fingerprint density at radius 2 is 1.95 bits per heavy atom. The van der Waals surface area contributed by atoms with Gasteiger partial charge in [-0.1, -0.05) is 29.3 Å². The summed E-state index contributed by atoms with van der Waals surface area (Å²) in [5.74, 6) is 0.127. The highest BCUT2D eigenvalue weighted by atomic mass is 35.5. The summed E-state index contributed by atoms with van der Waals surface area (Å²) in [5, 5.41) is 6.53. The number of carbonyl (C=O) groups excluding carboxylic acids is 1. The van der Waals surface area contributed by atoms with E-state index < -0.39 is 0 Å². The average Bonchev–Trinajstić information content (AvgIpc) is 2.46. The van der Waals surface area contributed by atoms with Crippen molar-refractivity contribution < 1.29 is 9.53 Å². The van der Waals surface area contributed by atoms with Gasteiger partial charge in [-0.2, -0.15) is 0 Å². The zero-order valence-electron chi connectivity index (χ0n) is 11.5. The van der Waals surface area contributed by atoms with Crippen molar-refractivity contribution in [1.29, 1.82) is 0 Å². The molecule has 0 aliphatic heterocycles. The van der Waals surface area contributed by atoms with Gasteiger partial charge in [0, 0.05) is 16.3 Å². The molecule has 2 rings (SSSR count). The summed E-state index contributed by atoms with van der Waals surface area (Å²) in [6.07, 6.45) is 0. The van der Waals surface area contributed by atoms with Crippen LogP contribution in [0, 0.1) is 0 Å². The lowest BCUT2D eigenvalue weighted by Gasteiger charge is -2.10. The van der Waals surface area contributed by atoms with Gasteiger partial charge >= 0.3 is 0 Å². The lowest BCUT2D eigenvalue weighted by molar-refractivity contribution is 0.0977. The molecular weight excluding hydrogens is 343 g/mol. The van der Waals surface area contributed by atoms with E-state index in [1.54, 1.807) is 36.4 Å². The first-order valence-electron chi connectivity index (χ1n) is 6.21. The van der Waals surface area contributed by atoms with Crippen molar-refractivity contribution in [3.8, 4) is 5.75 Å². The van der Waals surface area contributed by atoms with Crippen LogP contribution in [0.2, 0.25) is 10.0 Å².